The molecular weight excluding hydrogens is 782 g/mol. The minimum absolute atomic E-state index is 0.0869. The summed E-state index contributed by atoms with van der Waals surface area (Å²) >= 11 is 0. The fourth-order valence-corrected chi connectivity index (χ4v) is 8.68. The zero-order valence-electron chi connectivity index (χ0n) is 35.9. The van der Waals surface area contributed by atoms with Gasteiger partial charge in [0, 0.05) is 43.2 Å². The Hall–Kier alpha value is -6.37. The van der Waals surface area contributed by atoms with Crippen LogP contribution in [-0.2, 0) is 32.3 Å². The number of carbonyl (C=O) groups is 4. The van der Waals surface area contributed by atoms with E-state index in [1.54, 1.807) is 21.9 Å². The summed E-state index contributed by atoms with van der Waals surface area (Å²) in [5.41, 5.74) is 5.83. The Morgan fingerprint density at radius 2 is 0.952 bits per heavy atom. The van der Waals surface area contributed by atoms with Crippen LogP contribution in [0.4, 0.5) is 21.5 Å². The highest BCUT2D eigenvalue weighted by Crippen LogP contribution is 2.30. The van der Waals surface area contributed by atoms with Crippen molar-refractivity contribution >= 4 is 40.7 Å². The molecule has 322 valence electrons. The average molecular weight is 838 g/mol. The summed E-state index contributed by atoms with van der Waals surface area (Å²) in [5, 5.41) is 6.08. The number of nitrogens with zero attached hydrogens (tertiary/aromatic N) is 5. The lowest BCUT2D eigenvalue weighted by molar-refractivity contribution is -0.141. The van der Waals surface area contributed by atoms with Crippen LogP contribution in [0.25, 0.3) is 0 Å². The lowest BCUT2D eigenvalue weighted by Gasteiger charge is -2.31. The number of anilines is 3. The van der Waals surface area contributed by atoms with Crippen LogP contribution < -0.4 is 15.5 Å². The molecule has 4 amide bonds. The lowest BCUT2D eigenvalue weighted by atomic mass is 10.0. The normalized spacial score (nSPS) is 17.2. The quantitative estimate of drug-likeness (QED) is 0.113. The van der Waals surface area contributed by atoms with Gasteiger partial charge in [0.15, 0.2) is 0 Å². The van der Waals surface area contributed by atoms with E-state index < -0.39 is 24.2 Å². The standard InChI is InChI=1S/C50H56FN7O4/c1-54(2)45(37-13-7-5-8-14-37)49(61)57-31-11-17-43(57)47(59)52-40-25-19-35(20-26-40)33-56(42-29-23-39(51)24-30-42)34-36-21-27-41(28-22-36)53-48(60)44-18-12-32-58(44)50(62)46(55(3)4)38-15-9-6-10-16-38/h5-10,13-16,19-30,43-46H,11-12,17-18,31-34H2,1-4H3,(H,52,59)(H,53,60)/t43-,44?,45+,46?/m0/s1. The predicted molar refractivity (Wildman–Crippen MR) is 242 cm³/mol. The third-order valence-corrected chi connectivity index (χ3v) is 11.8. The number of likely N-dealkylation sites (tertiary alicyclic amines) is 2. The number of amides is 4. The Balaban J connectivity index is 0.983. The van der Waals surface area contributed by atoms with Gasteiger partial charge in [-0.15, -0.1) is 0 Å². The van der Waals surface area contributed by atoms with Gasteiger partial charge in [0.25, 0.3) is 0 Å². The molecule has 2 N–H and O–H groups in total. The van der Waals surface area contributed by atoms with Crippen LogP contribution in [0.15, 0.2) is 133 Å². The number of likely N-dealkylation sites (N-methyl/N-ethyl adjacent to an activating group) is 2. The maximum Gasteiger partial charge on any atom is 0.247 e. The van der Waals surface area contributed by atoms with Crippen LogP contribution in [-0.4, -0.2) is 96.6 Å². The molecule has 2 aliphatic heterocycles. The van der Waals surface area contributed by atoms with Crippen LogP contribution in [0.5, 0.6) is 0 Å². The Morgan fingerprint density at radius 3 is 1.32 bits per heavy atom. The van der Waals surface area contributed by atoms with E-state index in [9.17, 15) is 23.6 Å². The number of benzene rings is 5. The molecule has 62 heavy (non-hydrogen) atoms. The maximum absolute atomic E-state index is 14.0. The van der Waals surface area contributed by atoms with E-state index in [0.29, 0.717) is 50.4 Å². The highest BCUT2D eigenvalue weighted by atomic mass is 19.1. The zero-order valence-corrected chi connectivity index (χ0v) is 35.9. The molecule has 2 saturated heterocycles. The van der Waals surface area contributed by atoms with Crippen LogP contribution in [0.1, 0.15) is 60.0 Å². The van der Waals surface area contributed by atoms with Crippen molar-refractivity contribution in [3.05, 3.63) is 162 Å². The van der Waals surface area contributed by atoms with Gasteiger partial charge >= 0.3 is 0 Å². The summed E-state index contributed by atoms with van der Waals surface area (Å²) in [6.45, 7) is 2.05. The van der Waals surface area contributed by atoms with Gasteiger partial charge in [0.2, 0.25) is 23.6 Å². The van der Waals surface area contributed by atoms with E-state index in [1.807, 2.05) is 147 Å². The van der Waals surface area contributed by atoms with Crippen molar-refractivity contribution < 1.29 is 23.6 Å². The molecule has 11 nitrogen and oxygen atoms in total. The van der Waals surface area contributed by atoms with Gasteiger partial charge < -0.3 is 25.3 Å². The minimum Gasteiger partial charge on any atom is -0.363 e. The van der Waals surface area contributed by atoms with E-state index >= 15 is 0 Å². The molecule has 2 aliphatic rings. The van der Waals surface area contributed by atoms with Crippen LogP contribution in [0.3, 0.4) is 0 Å². The minimum atomic E-state index is -0.565. The first kappa shape index (κ1) is 43.7. The van der Waals surface area contributed by atoms with Crippen LogP contribution in [0.2, 0.25) is 0 Å². The summed E-state index contributed by atoms with van der Waals surface area (Å²) in [5.74, 6) is -0.922. The first-order chi connectivity index (χ1) is 30.0. The van der Waals surface area contributed by atoms with E-state index in [2.05, 4.69) is 15.5 Å². The molecular formula is C50H56FN7O4. The summed E-state index contributed by atoms with van der Waals surface area (Å²) in [4.78, 5) is 64.2. The number of rotatable bonds is 15. The molecule has 2 heterocycles. The average Bonchev–Trinajstić information content (AvgIpc) is 3.98. The number of hydrogen-bond donors (Lipinski definition) is 2. The van der Waals surface area contributed by atoms with Crippen molar-refractivity contribution in [3.8, 4) is 0 Å². The highest BCUT2D eigenvalue weighted by molar-refractivity contribution is 5.99. The van der Waals surface area contributed by atoms with Crippen molar-refractivity contribution in [2.75, 3.05) is 56.8 Å². The largest absolute Gasteiger partial charge is 0.363 e. The molecule has 5 aromatic carbocycles. The molecule has 0 aromatic heterocycles. The van der Waals surface area contributed by atoms with Crippen LogP contribution in [0, 0.1) is 5.82 Å². The summed E-state index contributed by atoms with van der Waals surface area (Å²) in [6.07, 6.45) is 2.69. The number of carbonyl (C=O) groups excluding carboxylic acids is 4. The summed E-state index contributed by atoms with van der Waals surface area (Å²) in [6, 6.07) is 38.8. The van der Waals surface area contributed by atoms with Crippen molar-refractivity contribution in [2.45, 2.75) is 62.9 Å². The summed E-state index contributed by atoms with van der Waals surface area (Å²) < 4.78 is 14.0. The number of halogens is 1. The molecule has 2 fully saturated rings. The Bertz CT molecular complexity index is 2150. The van der Waals surface area contributed by atoms with Crippen LogP contribution >= 0.6 is 0 Å². The topological polar surface area (TPSA) is 109 Å². The van der Waals surface area contributed by atoms with Gasteiger partial charge in [-0.05, 0) is 125 Å². The van der Waals surface area contributed by atoms with E-state index in [4.69, 9.17) is 0 Å². The second-order valence-corrected chi connectivity index (χ2v) is 16.6. The van der Waals surface area contributed by atoms with Gasteiger partial charge in [0.05, 0.1) is 0 Å². The zero-order chi connectivity index (χ0) is 43.8. The second-order valence-electron chi connectivity index (χ2n) is 16.6. The van der Waals surface area contributed by atoms with E-state index in [-0.39, 0.29) is 29.4 Å². The second kappa shape index (κ2) is 20.0. The third kappa shape index (κ3) is 10.4. The van der Waals surface area contributed by atoms with E-state index in [0.717, 1.165) is 40.8 Å². The monoisotopic (exact) mass is 837 g/mol. The predicted octanol–water partition coefficient (Wildman–Crippen LogP) is 7.50. The van der Waals surface area contributed by atoms with E-state index in [1.165, 1.54) is 12.1 Å². The molecule has 7 rings (SSSR count). The fraction of sp³-hybridized carbons (Fsp3) is 0.320. The number of hydrogen-bond acceptors (Lipinski definition) is 7. The molecule has 12 heteroatoms. The van der Waals surface area contributed by atoms with Gasteiger partial charge in [-0.3, -0.25) is 29.0 Å². The SMILES string of the molecule is CN(C)C(C(=O)N1CCCC1C(=O)Nc1ccc(CN(Cc2ccc(NC(=O)[C@@H]3CCCN3C(=O)[C@@H](c3ccccc3)N(C)C)cc2)c2ccc(F)cc2)cc1)c1ccccc1. The highest BCUT2D eigenvalue weighted by Gasteiger charge is 2.40. The van der Waals surface area contributed by atoms with Crippen molar-refractivity contribution in [2.24, 2.45) is 0 Å². The van der Waals surface area contributed by atoms with Gasteiger partial charge in [-0.25, -0.2) is 4.39 Å². The molecule has 5 aromatic rings. The first-order valence-corrected chi connectivity index (χ1v) is 21.3. The lowest BCUT2D eigenvalue weighted by Crippen LogP contribution is -2.47. The molecule has 0 saturated carbocycles. The molecule has 0 spiro atoms. The van der Waals surface area contributed by atoms with Gasteiger partial charge in [-0.1, -0.05) is 84.9 Å². The van der Waals surface area contributed by atoms with Crippen molar-refractivity contribution in [3.63, 3.8) is 0 Å². The van der Waals surface area contributed by atoms with Crippen molar-refractivity contribution in [1.29, 1.82) is 0 Å². The van der Waals surface area contributed by atoms with Gasteiger partial charge in [0.1, 0.15) is 30.0 Å². The Kier molecular flexibility index (Phi) is 14.1. The molecule has 0 radical (unpaired) electrons. The van der Waals surface area contributed by atoms with Crippen molar-refractivity contribution in [1.82, 2.24) is 19.6 Å². The van der Waals surface area contributed by atoms with Gasteiger partial charge in [-0.2, -0.15) is 0 Å². The molecule has 0 bridgehead atoms. The Labute approximate surface area is 364 Å². The summed E-state index contributed by atoms with van der Waals surface area (Å²) in [7, 11) is 7.51. The Morgan fingerprint density at radius 1 is 0.565 bits per heavy atom. The number of nitrogens with one attached hydrogen (secondary N) is 2. The molecule has 2 unspecified atom stereocenters. The molecule has 0 aliphatic carbocycles. The molecule has 4 atom stereocenters. The maximum atomic E-state index is 14.0. The first-order valence-electron chi connectivity index (χ1n) is 21.3. The smallest absolute Gasteiger partial charge is 0.247 e. The fourth-order valence-electron chi connectivity index (χ4n) is 8.68. The third-order valence-electron chi connectivity index (χ3n) is 11.8.